The molecule has 0 aromatic heterocycles. The molecule has 1 atom stereocenters. The van der Waals surface area contributed by atoms with E-state index in [1.165, 1.54) is 12.1 Å². The molecule has 0 fully saturated rings. The molecule has 0 amide bonds. The number of phenols is 1. The summed E-state index contributed by atoms with van der Waals surface area (Å²) in [5, 5.41) is 26.9. The van der Waals surface area contributed by atoms with Crippen LogP contribution in [0.25, 0.3) is 0 Å². The minimum Gasteiger partial charge on any atom is -0.508 e. The van der Waals surface area contributed by atoms with Gasteiger partial charge in [-0.1, -0.05) is 6.07 Å². The second-order valence-corrected chi connectivity index (χ2v) is 2.83. The molecule has 0 unspecified atom stereocenters. The molecule has 0 aliphatic heterocycles. The lowest BCUT2D eigenvalue weighted by Crippen LogP contribution is -2.16. The van der Waals surface area contributed by atoms with Crippen LogP contribution in [-0.2, 0) is 6.61 Å². The Bertz CT molecular complexity index is 288. The normalized spacial score (nSPS) is 12.8. The van der Waals surface area contributed by atoms with E-state index < -0.39 is 6.04 Å². The smallest absolute Gasteiger partial charge is 0.115 e. The van der Waals surface area contributed by atoms with Gasteiger partial charge in [0.2, 0.25) is 0 Å². The zero-order valence-electron chi connectivity index (χ0n) is 7.14. The standard InChI is InChI=1S/C9H13NO3/c10-9(5-12)8-2-1-7(13)3-6(8)4-11/h1-3,9,11-13H,4-5,10H2/t9-/m1/s1. The monoisotopic (exact) mass is 183 g/mol. The van der Waals surface area contributed by atoms with Gasteiger partial charge in [-0.3, -0.25) is 0 Å². The van der Waals surface area contributed by atoms with Crippen LogP contribution >= 0.6 is 0 Å². The third-order valence-electron chi connectivity index (χ3n) is 1.89. The Morgan fingerprint density at radius 1 is 1.31 bits per heavy atom. The SMILES string of the molecule is N[C@H](CO)c1ccc(O)cc1CO. The van der Waals surface area contributed by atoms with Gasteiger partial charge in [0.1, 0.15) is 5.75 Å². The predicted molar refractivity (Wildman–Crippen MR) is 48.0 cm³/mol. The molecule has 0 heterocycles. The van der Waals surface area contributed by atoms with Crippen LogP contribution in [0, 0.1) is 0 Å². The average Bonchev–Trinajstić information content (AvgIpc) is 2.16. The minimum absolute atomic E-state index is 0.0814. The van der Waals surface area contributed by atoms with E-state index in [0.717, 1.165) is 0 Å². The third-order valence-corrected chi connectivity index (χ3v) is 1.89. The Hall–Kier alpha value is -1.10. The fraction of sp³-hybridized carbons (Fsp3) is 0.333. The number of benzene rings is 1. The van der Waals surface area contributed by atoms with E-state index in [-0.39, 0.29) is 19.0 Å². The van der Waals surface area contributed by atoms with Crippen molar-refractivity contribution in [2.24, 2.45) is 5.73 Å². The molecule has 0 saturated carbocycles. The van der Waals surface area contributed by atoms with Crippen LogP contribution in [0.5, 0.6) is 5.75 Å². The van der Waals surface area contributed by atoms with Crippen LogP contribution in [0.4, 0.5) is 0 Å². The first-order valence-electron chi connectivity index (χ1n) is 3.98. The minimum atomic E-state index is -0.511. The van der Waals surface area contributed by atoms with Gasteiger partial charge in [-0.05, 0) is 23.3 Å². The van der Waals surface area contributed by atoms with Gasteiger partial charge in [-0.25, -0.2) is 0 Å². The summed E-state index contributed by atoms with van der Waals surface area (Å²) in [7, 11) is 0. The fourth-order valence-corrected chi connectivity index (χ4v) is 1.19. The third kappa shape index (κ3) is 2.18. The Balaban J connectivity index is 3.05. The first-order valence-corrected chi connectivity index (χ1v) is 3.98. The molecule has 4 nitrogen and oxygen atoms in total. The molecular formula is C9H13NO3. The zero-order valence-corrected chi connectivity index (χ0v) is 7.14. The average molecular weight is 183 g/mol. The highest BCUT2D eigenvalue weighted by Gasteiger charge is 2.09. The number of aliphatic hydroxyl groups excluding tert-OH is 2. The highest BCUT2D eigenvalue weighted by atomic mass is 16.3. The van der Waals surface area contributed by atoms with Crippen LogP contribution in [0.2, 0.25) is 0 Å². The number of aliphatic hydroxyl groups is 2. The molecule has 0 saturated heterocycles. The lowest BCUT2D eigenvalue weighted by Gasteiger charge is -2.12. The molecular weight excluding hydrogens is 170 g/mol. The maximum Gasteiger partial charge on any atom is 0.115 e. The zero-order chi connectivity index (χ0) is 9.84. The molecule has 0 bridgehead atoms. The van der Waals surface area contributed by atoms with Crippen molar-refractivity contribution in [3.63, 3.8) is 0 Å². The number of rotatable bonds is 3. The number of phenolic OH excluding ortho intramolecular Hbond substituents is 1. The summed E-state index contributed by atoms with van der Waals surface area (Å²) < 4.78 is 0. The Labute approximate surface area is 76.2 Å². The van der Waals surface area contributed by atoms with Crippen molar-refractivity contribution in [1.29, 1.82) is 0 Å². The summed E-state index contributed by atoms with van der Waals surface area (Å²) in [4.78, 5) is 0. The first kappa shape index (κ1) is 9.98. The van der Waals surface area contributed by atoms with E-state index in [1.807, 2.05) is 0 Å². The van der Waals surface area contributed by atoms with Gasteiger partial charge < -0.3 is 21.1 Å². The van der Waals surface area contributed by atoms with E-state index >= 15 is 0 Å². The van der Waals surface area contributed by atoms with Gasteiger partial charge in [0.05, 0.1) is 19.3 Å². The van der Waals surface area contributed by atoms with E-state index in [2.05, 4.69) is 0 Å². The molecule has 0 aliphatic carbocycles. The fourth-order valence-electron chi connectivity index (χ4n) is 1.19. The summed E-state index contributed by atoms with van der Waals surface area (Å²) in [6.07, 6.45) is 0. The summed E-state index contributed by atoms with van der Waals surface area (Å²) in [6.45, 7) is -0.380. The van der Waals surface area contributed by atoms with Crippen LogP contribution in [0.3, 0.4) is 0 Å². The summed E-state index contributed by atoms with van der Waals surface area (Å²) in [6, 6.07) is 4.00. The van der Waals surface area contributed by atoms with E-state index in [9.17, 15) is 0 Å². The van der Waals surface area contributed by atoms with Gasteiger partial charge in [0.15, 0.2) is 0 Å². The van der Waals surface area contributed by atoms with E-state index in [4.69, 9.17) is 21.1 Å². The lowest BCUT2D eigenvalue weighted by molar-refractivity contribution is 0.258. The summed E-state index contributed by atoms with van der Waals surface area (Å²) in [5.74, 6) is 0.0814. The number of aromatic hydroxyl groups is 1. The van der Waals surface area contributed by atoms with Crippen molar-refractivity contribution in [2.75, 3.05) is 6.61 Å². The molecule has 5 N–H and O–H groups in total. The quantitative estimate of drug-likeness (QED) is 0.526. The molecule has 0 spiro atoms. The lowest BCUT2D eigenvalue weighted by atomic mass is 10.0. The maximum atomic E-state index is 9.11. The largest absolute Gasteiger partial charge is 0.508 e. The number of nitrogens with two attached hydrogens (primary N) is 1. The number of hydrogen-bond donors (Lipinski definition) is 4. The maximum absolute atomic E-state index is 9.11. The second kappa shape index (κ2) is 4.23. The Morgan fingerprint density at radius 3 is 2.54 bits per heavy atom. The number of hydrogen-bond acceptors (Lipinski definition) is 4. The Kier molecular flexibility index (Phi) is 3.25. The van der Waals surface area contributed by atoms with Crippen molar-refractivity contribution in [3.05, 3.63) is 29.3 Å². The van der Waals surface area contributed by atoms with Gasteiger partial charge in [0, 0.05) is 0 Å². The molecule has 72 valence electrons. The molecule has 1 rings (SSSR count). The second-order valence-electron chi connectivity index (χ2n) is 2.83. The topological polar surface area (TPSA) is 86.7 Å². The summed E-state index contributed by atoms with van der Waals surface area (Å²) in [5.41, 5.74) is 6.78. The predicted octanol–water partition coefficient (Wildman–Crippen LogP) is -0.123. The summed E-state index contributed by atoms with van der Waals surface area (Å²) >= 11 is 0. The van der Waals surface area contributed by atoms with E-state index in [1.54, 1.807) is 6.07 Å². The van der Waals surface area contributed by atoms with Gasteiger partial charge >= 0.3 is 0 Å². The van der Waals surface area contributed by atoms with Crippen LogP contribution in [-0.4, -0.2) is 21.9 Å². The molecule has 0 radical (unpaired) electrons. The van der Waals surface area contributed by atoms with E-state index in [0.29, 0.717) is 11.1 Å². The van der Waals surface area contributed by atoms with Gasteiger partial charge in [-0.2, -0.15) is 0 Å². The molecule has 1 aromatic carbocycles. The van der Waals surface area contributed by atoms with Crippen molar-refractivity contribution in [2.45, 2.75) is 12.6 Å². The Morgan fingerprint density at radius 2 is 2.00 bits per heavy atom. The first-order chi connectivity index (χ1) is 6.19. The van der Waals surface area contributed by atoms with Gasteiger partial charge in [-0.15, -0.1) is 0 Å². The van der Waals surface area contributed by atoms with Crippen molar-refractivity contribution >= 4 is 0 Å². The highest BCUT2D eigenvalue weighted by molar-refractivity contribution is 5.36. The molecule has 0 aliphatic rings. The van der Waals surface area contributed by atoms with Crippen molar-refractivity contribution in [1.82, 2.24) is 0 Å². The van der Waals surface area contributed by atoms with Crippen LogP contribution in [0.1, 0.15) is 17.2 Å². The van der Waals surface area contributed by atoms with Crippen LogP contribution < -0.4 is 5.73 Å². The molecule has 1 aromatic rings. The van der Waals surface area contributed by atoms with Crippen LogP contribution in [0.15, 0.2) is 18.2 Å². The molecule has 13 heavy (non-hydrogen) atoms. The van der Waals surface area contributed by atoms with Crippen molar-refractivity contribution in [3.8, 4) is 5.75 Å². The molecule has 4 heteroatoms. The van der Waals surface area contributed by atoms with Crippen molar-refractivity contribution < 1.29 is 15.3 Å². The van der Waals surface area contributed by atoms with Gasteiger partial charge in [0.25, 0.3) is 0 Å². The highest BCUT2D eigenvalue weighted by Crippen LogP contribution is 2.20.